The number of amides is 1. The molecule has 3 atom stereocenters. The van der Waals surface area contributed by atoms with Gasteiger partial charge in [-0.2, -0.15) is 8.42 Å². The molecule has 3 rings (SSSR count). The highest BCUT2D eigenvalue weighted by Gasteiger charge is 2.46. The molecule has 5 nitrogen and oxygen atoms in total. The van der Waals surface area contributed by atoms with Crippen LogP contribution in [0.5, 0.6) is 5.75 Å². The van der Waals surface area contributed by atoms with E-state index in [4.69, 9.17) is 4.18 Å². The Bertz CT molecular complexity index is 925. The summed E-state index contributed by atoms with van der Waals surface area (Å²) in [4.78, 5) is 15.2. The maximum absolute atomic E-state index is 13.2. The molecule has 0 saturated heterocycles. The first-order valence-corrected chi connectivity index (χ1v) is 11.8. The van der Waals surface area contributed by atoms with Gasteiger partial charge in [-0.3, -0.25) is 4.79 Å². The van der Waals surface area contributed by atoms with Crippen LogP contribution in [0.15, 0.2) is 54.6 Å². The van der Waals surface area contributed by atoms with E-state index in [9.17, 15) is 13.2 Å². The molecule has 0 aromatic heterocycles. The predicted octanol–water partition coefficient (Wildman–Crippen LogP) is 4.35. The van der Waals surface area contributed by atoms with Gasteiger partial charge in [-0.05, 0) is 55.9 Å². The highest BCUT2D eigenvalue weighted by atomic mass is 32.2. The Labute approximate surface area is 173 Å². The molecule has 0 aliphatic heterocycles. The maximum atomic E-state index is 13.2. The number of carbonyl (C=O) groups is 1. The lowest BCUT2D eigenvalue weighted by molar-refractivity contribution is -0.135. The molecular weight excluding hydrogens is 386 g/mol. The van der Waals surface area contributed by atoms with Crippen LogP contribution in [0.1, 0.15) is 50.7 Å². The molecule has 1 amide bonds. The molecule has 156 valence electrons. The number of nitrogens with zero attached hydrogens (tertiary/aromatic N) is 1. The van der Waals surface area contributed by atoms with Crippen LogP contribution in [-0.4, -0.2) is 31.0 Å². The normalized spacial score (nSPS) is 19.4. The topological polar surface area (TPSA) is 63.7 Å². The second-order valence-electron chi connectivity index (χ2n) is 7.66. The van der Waals surface area contributed by atoms with E-state index in [1.54, 1.807) is 19.1 Å². The number of hydrogen-bond acceptors (Lipinski definition) is 4. The Kier molecular flexibility index (Phi) is 6.63. The van der Waals surface area contributed by atoms with Crippen LogP contribution in [0, 0.1) is 5.92 Å². The molecule has 2 aromatic rings. The Morgan fingerprint density at radius 1 is 1.10 bits per heavy atom. The quantitative estimate of drug-likeness (QED) is 0.571. The number of benzene rings is 2. The van der Waals surface area contributed by atoms with Crippen LogP contribution in [0.4, 0.5) is 0 Å². The van der Waals surface area contributed by atoms with Crippen molar-refractivity contribution in [3.05, 3.63) is 65.7 Å². The van der Waals surface area contributed by atoms with E-state index >= 15 is 0 Å². The number of rotatable bonds is 9. The summed E-state index contributed by atoms with van der Waals surface area (Å²) in [5.41, 5.74) is 2.19. The van der Waals surface area contributed by atoms with Crippen LogP contribution >= 0.6 is 0 Å². The molecule has 0 spiro atoms. The van der Waals surface area contributed by atoms with Gasteiger partial charge in [-0.15, -0.1) is 0 Å². The molecule has 29 heavy (non-hydrogen) atoms. The molecule has 1 fully saturated rings. The van der Waals surface area contributed by atoms with Gasteiger partial charge in [-0.25, -0.2) is 0 Å². The first-order chi connectivity index (χ1) is 13.8. The average Bonchev–Trinajstić information content (AvgIpc) is 3.53. The van der Waals surface area contributed by atoms with E-state index in [1.165, 1.54) is 5.56 Å². The summed E-state index contributed by atoms with van der Waals surface area (Å²) in [5, 5.41) is 0. The van der Waals surface area contributed by atoms with Gasteiger partial charge in [0.25, 0.3) is 0 Å². The lowest BCUT2D eigenvalue weighted by Crippen LogP contribution is -2.39. The van der Waals surface area contributed by atoms with Gasteiger partial charge < -0.3 is 9.08 Å². The minimum Gasteiger partial charge on any atom is -0.382 e. The smallest absolute Gasteiger partial charge is 0.308 e. The van der Waals surface area contributed by atoms with Crippen molar-refractivity contribution < 1.29 is 17.4 Å². The number of hydrogen-bond donors (Lipinski definition) is 0. The molecular formula is C23H29NO4S. The summed E-state index contributed by atoms with van der Waals surface area (Å²) < 4.78 is 28.2. The summed E-state index contributed by atoms with van der Waals surface area (Å²) in [6.45, 7) is 6.20. The second-order valence-corrected chi connectivity index (χ2v) is 9.52. The molecule has 6 heteroatoms. The van der Waals surface area contributed by atoms with Gasteiger partial charge in [-0.1, -0.05) is 49.4 Å². The minimum absolute atomic E-state index is 0.0451. The Hall–Kier alpha value is -2.34. The van der Waals surface area contributed by atoms with Crippen molar-refractivity contribution >= 4 is 16.0 Å². The fourth-order valence-corrected chi connectivity index (χ4v) is 4.00. The molecule has 2 aromatic carbocycles. The van der Waals surface area contributed by atoms with Crippen molar-refractivity contribution in [2.45, 2.75) is 52.1 Å². The molecule has 0 heterocycles. The third-order valence-electron chi connectivity index (χ3n) is 5.59. The lowest BCUT2D eigenvalue weighted by atomic mass is 10.1. The van der Waals surface area contributed by atoms with E-state index in [0.717, 1.165) is 18.4 Å². The molecule has 0 N–H and O–H groups in total. The van der Waals surface area contributed by atoms with Crippen LogP contribution in [0.3, 0.4) is 0 Å². The van der Waals surface area contributed by atoms with Crippen molar-refractivity contribution in [1.29, 1.82) is 0 Å². The Morgan fingerprint density at radius 2 is 1.76 bits per heavy atom. The molecule has 0 radical (unpaired) electrons. The van der Waals surface area contributed by atoms with Gasteiger partial charge in [0.15, 0.2) is 0 Å². The largest absolute Gasteiger partial charge is 0.382 e. The van der Waals surface area contributed by atoms with Crippen molar-refractivity contribution in [3.8, 4) is 5.75 Å². The van der Waals surface area contributed by atoms with Crippen molar-refractivity contribution in [2.75, 3.05) is 5.75 Å². The zero-order valence-corrected chi connectivity index (χ0v) is 18.1. The first kappa shape index (κ1) is 21.4. The highest BCUT2D eigenvalue weighted by molar-refractivity contribution is 7.87. The summed E-state index contributed by atoms with van der Waals surface area (Å²) in [5.74, 6) is 0.772. The standard InChI is InChI=1S/C23H29NO4S/c1-4-17(3)24(23(25)22-15-21(22)19-9-7-6-8-10-19)16-18-11-13-20(14-12-18)28-29(26,27)5-2/h6-14,17,21-22H,4-5,15-16H2,1-3H3/t17-,21-,22-/m0/s1. The Balaban J connectivity index is 1.69. The third kappa shape index (κ3) is 5.38. The summed E-state index contributed by atoms with van der Waals surface area (Å²) in [6, 6.07) is 17.3. The van der Waals surface area contributed by atoms with Gasteiger partial charge in [0.05, 0.1) is 5.75 Å². The zero-order valence-electron chi connectivity index (χ0n) is 17.2. The molecule has 0 unspecified atom stereocenters. The van der Waals surface area contributed by atoms with Gasteiger partial charge in [0, 0.05) is 18.5 Å². The van der Waals surface area contributed by atoms with E-state index in [0.29, 0.717) is 18.2 Å². The van der Waals surface area contributed by atoms with Crippen LogP contribution < -0.4 is 4.18 Å². The fraction of sp³-hybridized carbons (Fsp3) is 0.435. The predicted molar refractivity (Wildman–Crippen MR) is 114 cm³/mol. The first-order valence-electron chi connectivity index (χ1n) is 10.2. The average molecular weight is 416 g/mol. The fourth-order valence-electron chi connectivity index (χ4n) is 3.47. The second kappa shape index (κ2) is 8.99. The molecule has 0 bridgehead atoms. The lowest BCUT2D eigenvalue weighted by Gasteiger charge is -2.29. The summed E-state index contributed by atoms with van der Waals surface area (Å²) in [7, 11) is -3.54. The van der Waals surface area contributed by atoms with E-state index in [1.807, 2.05) is 35.2 Å². The van der Waals surface area contributed by atoms with Crippen molar-refractivity contribution in [1.82, 2.24) is 4.90 Å². The summed E-state index contributed by atoms with van der Waals surface area (Å²) >= 11 is 0. The van der Waals surface area contributed by atoms with Crippen molar-refractivity contribution in [3.63, 3.8) is 0 Å². The van der Waals surface area contributed by atoms with Gasteiger partial charge in [0.1, 0.15) is 5.75 Å². The summed E-state index contributed by atoms with van der Waals surface area (Å²) in [6.07, 6.45) is 1.78. The SMILES string of the molecule is CC[C@H](C)N(Cc1ccc(OS(=O)(=O)CC)cc1)C(=O)[C@H]1C[C@H]1c1ccccc1. The highest BCUT2D eigenvalue weighted by Crippen LogP contribution is 2.48. The molecule has 1 saturated carbocycles. The van der Waals surface area contributed by atoms with E-state index < -0.39 is 10.1 Å². The van der Waals surface area contributed by atoms with Crippen LogP contribution in [0.25, 0.3) is 0 Å². The van der Waals surface area contributed by atoms with Gasteiger partial charge >= 0.3 is 10.1 Å². The van der Waals surface area contributed by atoms with Crippen LogP contribution in [-0.2, 0) is 21.5 Å². The third-order valence-corrected chi connectivity index (χ3v) is 6.75. The molecule has 1 aliphatic rings. The maximum Gasteiger partial charge on any atom is 0.308 e. The number of carbonyl (C=O) groups excluding carboxylic acids is 1. The molecule has 1 aliphatic carbocycles. The van der Waals surface area contributed by atoms with E-state index in [2.05, 4.69) is 26.0 Å². The minimum atomic E-state index is -3.54. The monoisotopic (exact) mass is 415 g/mol. The zero-order chi connectivity index (χ0) is 21.0. The van der Waals surface area contributed by atoms with Gasteiger partial charge in [0.2, 0.25) is 5.91 Å². The van der Waals surface area contributed by atoms with E-state index in [-0.39, 0.29) is 23.6 Å². The van der Waals surface area contributed by atoms with Crippen LogP contribution in [0.2, 0.25) is 0 Å². The Morgan fingerprint density at radius 3 is 2.34 bits per heavy atom. The van der Waals surface area contributed by atoms with Crippen molar-refractivity contribution in [2.24, 2.45) is 5.92 Å².